The Hall–Kier alpha value is -2.10. The van der Waals surface area contributed by atoms with Crippen LogP contribution in [0.1, 0.15) is 31.2 Å². The van der Waals surface area contributed by atoms with Crippen LogP contribution in [0.4, 0.5) is 23.2 Å². The SMILES string of the molecule is CS(=O)(=O)OC1=C(C(=O)Nc2ccc(F)c(C(F)(F)F)c2)CCCC1. The first-order valence-corrected chi connectivity index (χ1v) is 9.08. The third kappa shape index (κ3) is 5.18. The normalized spacial score (nSPS) is 15.9. The van der Waals surface area contributed by atoms with Gasteiger partial charge in [0.05, 0.1) is 17.4 Å². The molecule has 1 N–H and O–H groups in total. The van der Waals surface area contributed by atoms with Gasteiger partial charge in [-0.1, -0.05) is 0 Å². The number of halogens is 4. The first-order valence-electron chi connectivity index (χ1n) is 7.27. The molecule has 10 heteroatoms. The van der Waals surface area contributed by atoms with Gasteiger partial charge in [0, 0.05) is 12.1 Å². The van der Waals surface area contributed by atoms with Gasteiger partial charge >= 0.3 is 16.3 Å². The lowest BCUT2D eigenvalue weighted by molar-refractivity contribution is -0.140. The molecule has 0 aliphatic heterocycles. The Kier molecular flexibility index (Phi) is 5.40. The van der Waals surface area contributed by atoms with Crippen LogP contribution in [0.15, 0.2) is 29.5 Å². The van der Waals surface area contributed by atoms with Gasteiger partial charge in [-0.15, -0.1) is 0 Å². The van der Waals surface area contributed by atoms with Crippen LogP contribution in [0.5, 0.6) is 0 Å². The first-order chi connectivity index (χ1) is 11.5. The molecule has 0 aromatic heterocycles. The molecule has 0 saturated carbocycles. The minimum atomic E-state index is -4.90. The molecule has 0 spiro atoms. The average Bonchev–Trinajstić information content (AvgIpc) is 2.47. The smallest absolute Gasteiger partial charge is 0.387 e. The standard InChI is InChI=1S/C15H15F4NO4S/c1-25(22,23)24-13-5-3-2-4-10(13)14(21)20-9-6-7-12(16)11(8-9)15(17,18)19/h6-8H,2-5H2,1H3,(H,20,21). The van der Waals surface area contributed by atoms with E-state index in [9.17, 15) is 30.8 Å². The number of carbonyl (C=O) groups is 1. The number of allylic oxidation sites excluding steroid dienone is 1. The Morgan fingerprint density at radius 2 is 1.84 bits per heavy atom. The fourth-order valence-corrected chi connectivity index (χ4v) is 2.97. The average molecular weight is 381 g/mol. The molecule has 2 rings (SSSR count). The highest BCUT2D eigenvalue weighted by Gasteiger charge is 2.34. The zero-order chi connectivity index (χ0) is 18.8. The molecule has 0 radical (unpaired) electrons. The van der Waals surface area contributed by atoms with E-state index in [-0.39, 0.29) is 29.9 Å². The monoisotopic (exact) mass is 381 g/mol. The molecule has 1 aromatic carbocycles. The van der Waals surface area contributed by atoms with Gasteiger partial charge in [0.15, 0.2) is 0 Å². The molecule has 1 aliphatic carbocycles. The maximum Gasteiger partial charge on any atom is 0.419 e. The molecule has 5 nitrogen and oxygen atoms in total. The van der Waals surface area contributed by atoms with Crippen LogP contribution in [0.3, 0.4) is 0 Å². The van der Waals surface area contributed by atoms with Gasteiger partial charge in [-0.05, 0) is 37.5 Å². The summed E-state index contributed by atoms with van der Waals surface area (Å²) in [5, 5.41) is 2.23. The second kappa shape index (κ2) is 7.03. The van der Waals surface area contributed by atoms with Crippen LogP contribution in [-0.2, 0) is 25.3 Å². The molecular weight excluding hydrogens is 366 g/mol. The topological polar surface area (TPSA) is 72.5 Å². The van der Waals surface area contributed by atoms with Crippen LogP contribution in [0.2, 0.25) is 0 Å². The van der Waals surface area contributed by atoms with Gasteiger partial charge in [-0.2, -0.15) is 21.6 Å². The lowest BCUT2D eigenvalue weighted by Crippen LogP contribution is -2.21. The Labute approximate surface area is 141 Å². The van der Waals surface area contributed by atoms with Crippen molar-refractivity contribution in [1.29, 1.82) is 0 Å². The Morgan fingerprint density at radius 3 is 2.44 bits per heavy atom. The van der Waals surface area contributed by atoms with Crippen molar-refractivity contribution < 1.29 is 35.0 Å². The van der Waals surface area contributed by atoms with Crippen molar-refractivity contribution in [3.05, 3.63) is 40.9 Å². The van der Waals surface area contributed by atoms with Crippen molar-refractivity contribution in [3.8, 4) is 0 Å². The summed E-state index contributed by atoms with van der Waals surface area (Å²) in [5.74, 6) is -2.26. The van der Waals surface area contributed by atoms with Gasteiger partial charge in [-0.25, -0.2) is 4.39 Å². The van der Waals surface area contributed by atoms with Crippen LogP contribution in [0, 0.1) is 5.82 Å². The van der Waals surface area contributed by atoms with Crippen molar-refractivity contribution in [2.24, 2.45) is 0 Å². The van der Waals surface area contributed by atoms with Gasteiger partial charge in [0.25, 0.3) is 5.91 Å². The summed E-state index contributed by atoms with van der Waals surface area (Å²) in [6, 6.07) is 2.07. The summed E-state index contributed by atoms with van der Waals surface area (Å²) in [6.45, 7) is 0. The summed E-state index contributed by atoms with van der Waals surface area (Å²) in [5.41, 5.74) is -1.71. The van der Waals surface area contributed by atoms with E-state index in [0.717, 1.165) is 12.3 Å². The van der Waals surface area contributed by atoms with Crippen molar-refractivity contribution in [2.75, 3.05) is 11.6 Å². The fourth-order valence-electron chi connectivity index (χ4n) is 2.42. The van der Waals surface area contributed by atoms with Crippen LogP contribution in [0.25, 0.3) is 0 Å². The van der Waals surface area contributed by atoms with Crippen LogP contribution >= 0.6 is 0 Å². The molecule has 138 valence electrons. The summed E-state index contributed by atoms with van der Waals surface area (Å²) in [7, 11) is -3.83. The summed E-state index contributed by atoms with van der Waals surface area (Å²) in [6.07, 6.45) is -2.39. The van der Waals surface area contributed by atoms with Crippen molar-refractivity contribution >= 4 is 21.7 Å². The predicted molar refractivity (Wildman–Crippen MR) is 81.5 cm³/mol. The number of carbonyl (C=O) groups excluding carboxylic acids is 1. The highest BCUT2D eigenvalue weighted by molar-refractivity contribution is 7.86. The predicted octanol–water partition coefficient (Wildman–Crippen LogP) is 3.59. The van der Waals surface area contributed by atoms with E-state index < -0.39 is 33.6 Å². The fraction of sp³-hybridized carbons (Fsp3) is 0.400. The number of benzene rings is 1. The largest absolute Gasteiger partial charge is 0.419 e. The summed E-state index contributed by atoms with van der Waals surface area (Å²) < 4.78 is 78.8. The van der Waals surface area contributed by atoms with Gasteiger partial charge < -0.3 is 9.50 Å². The molecule has 1 aliphatic rings. The second-order valence-electron chi connectivity index (χ2n) is 5.54. The van der Waals surface area contributed by atoms with E-state index in [1.54, 1.807) is 0 Å². The van der Waals surface area contributed by atoms with E-state index in [0.29, 0.717) is 25.0 Å². The summed E-state index contributed by atoms with van der Waals surface area (Å²) in [4.78, 5) is 12.3. The molecule has 0 saturated heterocycles. The molecule has 0 unspecified atom stereocenters. The zero-order valence-electron chi connectivity index (χ0n) is 13.1. The van der Waals surface area contributed by atoms with Crippen molar-refractivity contribution in [2.45, 2.75) is 31.9 Å². The maximum atomic E-state index is 13.3. The van der Waals surface area contributed by atoms with E-state index >= 15 is 0 Å². The molecule has 0 heterocycles. The second-order valence-corrected chi connectivity index (χ2v) is 7.12. The lowest BCUT2D eigenvalue weighted by Gasteiger charge is -2.19. The van der Waals surface area contributed by atoms with Crippen molar-refractivity contribution in [3.63, 3.8) is 0 Å². The number of alkyl halides is 3. The molecular formula is C15H15F4NO4S. The number of nitrogens with one attached hydrogen (secondary N) is 1. The quantitative estimate of drug-likeness (QED) is 0.639. The molecule has 0 atom stereocenters. The Bertz CT molecular complexity index is 815. The number of anilines is 1. The van der Waals surface area contributed by atoms with Gasteiger partial charge in [0.2, 0.25) is 0 Å². The van der Waals surface area contributed by atoms with Gasteiger partial charge in [0.1, 0.15) is 11.6 Å². The Balaban J connectivity index is 2.29. The van der Waals surface area contributed by atoms with Crippen molar-refractivity contribution in [1.82, 2.24) is 0 Å². The maximum absolute atomic E-state index is 13.3. The summed E-state index contributed by atoms with van der Waals surface area (Å²) >= 11 is 0. The number of hydrogen-bond donors (Lipinski definition) is 1. The van der Waals surface area contributed by atoms with E-state index in [4.69, 9.17) is 4.18 Å². The first kappa shape index (κ1) is 19.2. The third-order valence-corrected chi connectivity index (χ3v) is 3.98. The zero-order valence-corrected chi connectivity index (χ0v) is 13.9. The van der Waals surface area contributed by atoms with E-state index in [2.05, 4.69) is 5.32 Å². The number of hydrogen-bond acceptors (Lipinski definition) is 4. The molecule has 1 aromatic rings. The van der Waals surface area contributed by atoms with Crippen LogP contribution < -0.4 is 5.32 Å². The third-order valence-electron chi connectivity index (χ3n) is 3.47. The van der Waals surface area contributed by atoms with Gasteiger partial charge in [-0.3, -0.25) is 4.79 Å². The minimum Gasteiger partial charge on any atom is -0.387 e. The van der Waals surface area contributed by atoms with Crippen LogP contribution in [-0.4, -0.2) is 20.6 Å². The molecule has 1 amide bonds. The lowest BCUT2D eigenvalue weighted by atomic mass is 9.97. The van der Waals surface area contributed by atoms with E-state index in [1.807, 2.05) is 0 Å². The number of amides is 1. The minimum absolute atomic E-state index is 0.0237. The van der Waals surface area contributed by atoms with E-state index in [1.165, 1.54) is 0 Å². The highest BCUT2D eigenvalue weighted by atomic mass is 32.2. The number of rotatable bonds is 4. The highest BCUT2D eigenvalue weighted by Crippen LogP contribution is 2.33. The molecule has 0 bridgehead atoms. The molecule has 25 heavy (non-hydrogen) atoms. The Morgan fingerprint density at radius 1 is 1.20 bits per heavy atom. The molecule has 0 fully saturated rings.